The minimum absolute atomic E-state index is 0.148. The van der Waals surface area contributed by atoms with Gasteiger partial charge in [-0.05, 0) is 40.9 Å². The Balaban J connectivity index is 1.52. The van der Waals surface area contributed by atoms with E-state index < -0.39 is 0 Å². The van der Waals surface area contributed by atoms with E-state index in [1.165, 1.54) is 33.4 Å². The van der Waals surface area contributed by atoms with Crippen LogP contribution in [0.15, 0.2) is 121 Å². The van der Waals surface area contributed by atoms with Crippen LogP contribution in [0.1, 0.15) is 0 Å². The molecule has 0 saturated heterocycles. The summed E-state index contributed by atoms with van der Waals surface area (Å²) in [6.07, 6.45) is 0. The van der Waals surface area contributed by atoms with Crippen molar-refractivity contribution in [1.82, 2.24) is 0 Å². The predicted octanol–water partition coefficient (Wildman–Crippen LogP) is 6.30. The second-order valence-electron chi connectivity index (χ2n) is 8.51. The molecule has 0 amide bonds. The van der Waals surface area contributed by atoms with Gasteiger partial charge in [-0.2, -0.15) is 0 Å². The molecule has 2 heterocycles. The molecule has 0 aliphatic carbocycles. The van der Waals surface area contributed by atoms with E-state index in [4.69, 9.17) is 4.65 Å². The minimum Gasteiger partial charge on any atom is -0.550 e. The maximum absolute atomic E-state index is 6.91. The van der Waals surface area contributed by atoms with Crippen molar-refractivity contribution < 1.29 is 4.65 Å². The van der Waals surface area contributed by atoms with Gasteiger partial charge in [-0.15, -0.1) is 0 Å². The Hall–Kier alpha value is -4.24. The highest BCUT2D eigenvalue weighted by molar-refractivity contribution is 6.85. The fraction of sp³-hybridized carbons (Fsp3) is 0. The molecular formula is C30H20BNO. The molecule has 0 spiro atoms. The summed E-state index contributed by atoms with van der Waals surface area (Å²) in [6, 6.07) is 42.8. The summed E-state index contributed by atoms with van der Waals surface area (Å²) >= 11 is 0. The first kappa shape index (κ1) is 18.3. The van der Waals surface area contributed by atoms with Crippen molar-refractivity contribution in [1.29, 1.82) is 0 Å². The van der Waals surface area contributed by atoms with Gasteiger partial charge in [0.25, 0.3) is 0 Å². The van der Waals surface area contributed by atoms with E-state index in [1.807, 2.05) is 0 Å². The number of para-hydroxylation sites is 3. The highest BCUT2D eigenvalue weighted by atomic mass is 16.4. The van der Waals surface area contributed by atoms with E-state index in [-0.39, 0.29) is 6.92 Å². The van der Waals surface area contributed by atoms with Crippen molar-refractivity contribution in [3.8, 4) is 28.0 Å². The smallest absolute Gasteiger partial charge is 0.431 e. The largest absolute Gasteiger partial charge is 0.550 e. The van der Waals surface area contributed by atoms with Crippen LogP contribution in [0.2, 0.25) is 0 Å². The molecule has 2 nitrogen and oxygen atoms in total. The Morgan fingerprint density at radius 3 is 2.00 bits per heavy atom. The molecule has 0 N–H and O–H groups in total. The Morgan fingerprint density at radius 2 is 1.15 bits per heavy atom. The molecule has 33 heavy (non-hydrogen) atoms. The number of anilines is 3. The number of hydrogen-bond acceptors (Lipinski definition) is 2. The van der Waals surface area contributed by atoms with Gasteiger partial charge in [-0.25, -0.2) is 0 Å². The van der Waals surface area contributed by atoms with Crippen LogP contribution in [0.3, 0.4) is 0 Å². The topological polar surface area (TPSA) is 12.5 Å². The number of nitrogens with zero attached hydrogens (tertiary/aromatic N) is 1. The Bertz CT molecular complexity index is 1500. The lowest BCUT2D eigenvalue weighted by Crippen LogP contribution is -2.56. The Kier molecular flexibility index (Phi) is 3.97. The van der Waals surface area contributed by atoms with Crippen LogP contribution in [0.25, 0.3) is 22.3 Å². The van der Waals surface area contributed by atoms with Gasteiger partial charge in [-0.1, -0.05) is 97.1 Å². The molecule has 7 rings (SSSR count). The molecule has 0 bridgehead atoms. The van der Waals surface area contributed by atoms with E-state index >= 15 is 0 Å². The van der Waals surface area contributed by atoms with Crippen molar-refractivity contribution in [3.05, 3.63) is 121 Å². The van der Waals surface area contributed by atoms with Crippen LogP contribution < -0.4 is 20.5 Å². The van der Waals surface area contributed by atoms with Gasteiger partial charge in [0.05, 0.1) is 0 Å². The lowest BCUT2D eigenvalue weighted by atomic mass is 9.49. The first-order chi connectivity index (χ1) is 16.4. The quantitative estimate of drug-likeness (QED) is 0.310. The molecule has 0 fully saturated rings. The van der Waals surface area contributed by atoms with Gasteiger partial charge in [-0.3, -0.25) is 0 Å². The van der Waals surface area contributed by atoms with Crippen molar-refractivity contribution in [2.45, 2.75) is 0 Å². The van der Waals surface area contributed by atoms with Crippen LogP contribution >= 0.6 is 0 Å². The van der Waals surface area contributed by atoms with Gasteiger partial charge in [0.1, 0.15) is 5.75 Å². The summed E-state index contributed by atoms with van der Waals surface area (Å²) in [5.74, 6) is 0.960. The molecule has 2 aliphatic rings. The molecule has 0 atom stereocenters. The van der Waals surface area contributed by atoms with E-state index in [2.05, 4.69) is 126 Å². The van der Waals surface area contributed by atoms with Crippen LogP contribution in [-0.2, 0) is 0 Å². The molecule has 154 valence electrons. The number of hydrogen-bond donors (Lipinski definition) is 0. The summed E-state index contributed by atoms with van der Waals surface area (Å²) in [5, 5.41) is 0. The van der Waals surface area contributed by atoms with Crippen LogP contribution in [0, 0.1) is 0 Å². The standard InChI is InChI=1S/C30H20BNO/c1-3-11-21(12-4-1)23-15-9-17-25-24-16-10-20-28-29(24)31(33-30(23)25)26-18-7-8-19-27(26)32(28)22-13-5-2-6-14-22/h1-20H. The van der Waals surface area contributed by atoms with E-state index in [0.717, 1.165) is 22.6 Å². The molecule has 5 aromatic rings. The molecule has 0 saturated carbocycles. The molecule has 0 unspecified atom stereocenters. The second-order valence-corrected chi connectivity index (χ2v) is 8.51. The van der Waals surface area contributed by atoms with Crippen LogP contribution in [0.5, 0.6) is 5.75 Å². The van der Waals surface area contributed by atoms with Gasteiger partial charge in [0.2, 0.25) is 0 Å². The van der Waals surface area contributed by atoms with Gasteiger partial charge >= 0.3 is 6.92 Å². The Morgan fingerprint density at radius 1 is 0.515 bits per heavy atom. The van der Waals surface area contributed by atoms with E-state index in [0.29, 0.717) is 0 Å². The molecular weight excluding hydrogens is 401 g/mol. The molecule has 0 aromatic heterocycles. The van der Waals surface area contributed by atoms with Gasteiger partial charge < -0.3 is 9.55 Å². The molecule has 3 heteroatoms. The zero-order valence-electron chi connectivity index (χ0n) is 18.0. The van der Waals surface area contributed by atoms with Crippen molar-refractivity contribution in [3.63, 3.8) is 0 Å². The summed E-state index contributed by atoms with van der Waals surface area (Å²) in [4.78, 5) is 2.36. The zero-order valence-corrected chi connectivity index (χ0v) is 18.0. The first-order valence-electron chi connectivity index (χ1n) is 11.3. The first-order valence-corrected chi connectivity index (χ1v) is 11.3. The minimum atomic E-state index is -0.148. The lowest BCUT2D eigenvalue weighted by Gasteiger charge is -2.40. The number of fused-ring (bicyclic) bond motifs is 4. The lowest BCUT2D eigenvalue weighted by molar-refractivity contribution is 0.592. The maximum Gasteiger partial charge on any atom is 0.431 e. The normalized spacial score (nSPS) is 13.0. The van der Waals surface area contributed by atoms with Crippen LogP contribution in [0.4, 0.5) is 17.1 Å². The van der Waals surface area contributed by atoms with Crippen molar-refractivity contribution in [2.24, 2.45) is 0 Å². The highest BCUT2D eigenvalue weighted by Gasteiger charge is 2.42. The van der Waals surface area contributed by atoms with Crippen molar-refractivity contribution in [2.75, 3.05) is 4.90 Å². The highest BCUT2D eigenvalue weighted by Crippen LogP contribution is 2.45. The predicted molar refractivity (Wildman–Crippen MR) is 138 cm³/mol. The number of benzene rings is 5. The fourth-order valence-electron chi connectivity index (χ4n) is 5.27. The summed E-state index contributed by atoms with van der Waals surface area (Å²) in [7, 11) is 0. The zero-order chi connectivity index (χ0) is 21.8. The summed E-state index contributed by atoms with van der Waals surface area (Å²) in [5.41, 5.74) is 10.6. The molecule has 0 radical (unpaired) electrons. The van der Waals surface area contributed by atoms with Gasteiger partial charge in [0, 0.05) is 33.7 Å². The fourth-order valence-corrected chi connectivity index (χ4v) is 5.27. The maximum atomic E-state index is 6.91. The van der Waals surface area contributed by atoms with Crippen molar-refractivity contribution >= 4 is 34.9 Å². The van der Waals surface area contributed by atoms with E-state index in [9.17, 15) is 0 Å². The van der Waals surface area contributed by atoms with E-state index in [1.54, 1.807) is 0 Å². The molecule has 2 aliphatic heterocycles. The number of rotatable bonds is 2. The third-order valence-electron chi connectivity index (χ3n) is 6.69. The summed E-state index contributed by atoms with van der Waals surface area (Å²) < 4.78 is 6.91. The Labute approximate surface area is 193 Å². The third-order valence-corrected chi connectivity index (χ3v) is 6.69. The second kappa shape index (κ2) is 7.14. The average molecular weight is 421 g/mol. The monoisotopic (exact) mass is 421 g/mol. The average Bonchev–Trinajstić information content (AvgIpc) is 2.90. The third kappa shape index (κ3) is 2.69. The summed E-state index contributed by atoms with van der Waals surface area (Å²) in [6.45, 7) is -0.148. The SMILES string of the molecule is c1ccc(-c2cccc3c2OB2c4ccccc4N(c4ccccc4)c4cccc-3c42)cc1. The molecule has 5 aromatic carbocycles. The van der Waals surface area contributed by atoms with Crippen LogP contribution in [-0.4, -0.2) is 6.92 Å². The van der Waals surface area contributed by atoms with Gasteiger partial charge in [0.15, 0.2) is 0 Å².